The van der Waals surface area contributed by atoms with Crippen LogP contribution in [0.3, 0.4) is 0 Å². The molecule has 1 heterocycles. The van der Waals surface area contributed by atoms with Gasteiger partial charge >= 0.3 is 0 Å². The first-order valence-electron chi connectivity index (χ1n) is 9.12. The van der Waals surface area contributed by atoms with E-state index in [9.17, 15) is 17.6 Å². The van der Waals surface area contributed by atoms with E-state index < -0.39 is 15.8 Å². The average Bonchev–Trinajstić information content (AvgIpc) is 2.66. The van der Waals surface area contributed by atoms with Gasteiger partial charge in [0.15, 0.2) is 0 Å². The Morgan fingerprint density at radius 2 is 1.86 bits per heavy atom. The predicted octanol–water partition coefficient (Wildman–Crippen LogP) is 3.06. The van der Waals surface area contributed by atoms with Crippen molar-refractivity contribution in [2.75, 3.05) is 13.6 Å². The molecule has 6 nitrogen and oxygen atoms in total. The molecule has 0 aliphatic carbocycles. The van der Waals surface area contributed by atoms with Crippen LogP contribution >= 0.6 is 0 Å². The fourth-order valence-electron chi connectivity index (χ4n) is 2.75. The number of carbonyl (C=O) groups is 1. The van der Waals surface area contributed by atoms with Gasteiger partial charge in [0, 0.05) is 45.0 Å². The lowest BCUT2D eigenvalue weighted by molar-refractivity contribution is -0.133. The summed E-state index contributed by atoms with van der Waals surface area (Å²) in [6.07, 6.45) is 4.04. The molecule has 0 unspecified atom stereocenters. The summed E-state index contributed by atoms with van der Waals surface area (Å²) in [6.45, 7) is 4.55. The highest BCUT2D eigenvalue weighted by Gasteiger charge is 2.22. The van der Waals surface area contributed by atoms with Crippen molar-refractivity contribution < 1.29 is 17.6 Å². The van der Waals surface area contributed by atoms with Crippen molar-refractivity contribution in [1.82, 2.24) is 14.2 Å². The Morgan fingerprint density at radius 3 is 2.43 bits per heavy atom. The van der Waals surface area contributed by atoms with Gasteiger partial charge in [-0.2, -0.15) is 0 Å². The van der Waals surface area contributed by atoms with Gasteiger partial charge in [-0.1, -0.05) is 6.07 Å². The molecule has 0 spiro atoms. The first-order chi connectivity index (χ1) is 13.2. The zero-order valence-electron chi connectivity index (χ0n) is 16.4. The van der Waals surface area contributed by atoms with E-state index in [4.69, 9.17) is 0 Å². The van der Waals surface area contributed by atoms with Crippen molar-refractivity contribution in [3.05, 3.63) is 60.2 Å². The molecule has 0 bridgehead atoms. The lowest BCUT2D eigenvalue weighted by Gasteiger charge is -2.27. The Labute approximate surface area is 166 Å². The largest absolute Gasteiger partial charge is 0.336 e. The van der Waals surface area contributed by atoms with Gasteiger partial charge in [0.1, 0.15) is 5.82 Å². The van der Waals surface area contributed by atoms with E-state index in [0.29, 0.717) is 13.0 Å². The molecular formula is C20H26FN3O3S. The number of hydrogen-bond donors (Lipinski definition) is 0. The Morgan fingerprint density at radius 1 is 1.18 bits per heavy atom. The van der Waals surface area contributed by atoms with Crippen LogP contribution in [0.25, 0.3) is 0 Å². The Hall–Kier alpha value is -2.32. The summed E-state index contributed by atoms with van der Waals surface area (Å²) in [6, 6.07) is 8.47. The van der Waals surface area contributed by atoms with E-state index in [1.54, 1.807) is 17.3 Å². The van der Waals surface area contributed by atoms with E-state index in [1.807, 2.05) is 26.0 Å². The maximum absolute atomic E-state index is 13.0. The second-order valence-electron chi connectivity index (χ2n) is 6.86. The second-order valence-corrected chi connectivity index (χ2v) is 8.91. The highest BCUT2D eigenvalue weighted by Crippen LogP contribution is 2.16. The number of pyridine rings is 1. The number of nitrogens with zero attached hydrogens (tertiary/aromatic N) is 3. The molecule has 28 heavy (non-hydrogen) atoms. The topological polar surface area (TPSA) is 70.6 Å². The summed E-state index contributed by atoms with van der Waals surface area (Å²) >= 11 is 0. The second kappa shape index (κ2) is 9.75. The van der Waals surface area contributed by atoms with Gasteiger partial charge in [0.05, 0.1) is 4.90 Å². The average molecular weight is 408 g/mol. The first kappa shape index (κ1) is 22.0. The van der Waals surface area contributed by atoms with Gasteiger partial charge in [-0.05, 0) is 56.2 Å². The number of rotatable bonds is 9. The van der Waals surface area contributed by atoms with E-state index in [-0.39, 0.29) is 29.8 Å². The summed E-state index contributed by atoms with van der Waals surface area (Å²) in [7, 11) is -2.25. The summed E-state index contributed by atoms with van der Waals surface area (Å²) in [4.78, 5) is 18.5. The van der Waals surface area contributed by atoms with Crippen LogP contribution in [0, 0.1) is 5.82 Å². The molecule has 0 aliphatic heterocycles. The van der Waals surface area contributed by atoms with Crippen LogP contribution in [0.15, 0.2) is 53.7 Å². The summed E-state index contributed by atoms with van der Waals surface area (Å²) in [5.74, 6) is -0.527. The maximum atomic E-state index is 13.0. The number of benzene rings is 1. The molecule has 152 valence electrons. The SMILES string of the molecule is CC(C)N(Cc1cccnc1)C(=O)CCCN(C)S(=O)(=O)c1ccc(F)cc1. The summed E-state index contributed by atoms with van der Waals surface area (Å²) in [5, 5.41) is 0. The van der Waals surface area contributed by atoms with Crippen LogP contribution in [0.1, 0.15) is 32.3 Å². The van der Waals surface area contributed by atoms with Crippen molar-refractivity contribution in [2.24, 2.45) is 0 Å². The molecule has 0 saturated heterocycles. The van der Waals surface area contributed by atoms with Gasteiger partial charge in [-0.25, -0.2) is 17.1 Å². The predicted molar refractivity (Wildman–Crippen MR) is 105 cm³/mol. The van der Waals surface area contributed by atoms with Crippen LogP contribution in [-0.2, 0) is 21.4 Å². The van der Waals surface area contributed by atoms with Crippen molar-refractivity contribution in [3.8, 4) is 0 Å². The van der Waals surface area contributed by atoms with Crippen LogP contribution in [0.2, 0.25) is 0 Å². The molecule has 1 aromatic heterocycles. The third-order valence-corrected chi connectivity index (χ3v) is 6.28. The van der Waals surface area contributed by atoms with Crippen molar-refractivity contribution >= 4 is 15.9 Å². The van der Waals surface area contributed by atoms with Crippen molar-refractivity contribution in [3.63, 3.8) is 0 Å². The van der Waals surface area contributed by atoms with E-state index in [1.165, 1.54) is 23.5 Å². The van der Waals surface area contributed by atoms with E-state index in [0.717, 1.165) is 17.7 Å². The molecule has 0 saturated carbocycles. The molecule has 0 N–H and O–H groups in total. The van der Waals surface area contributed by atoms with Crippen LogP contribution < -0.4 is 0 Å². The molecule has 0 atom stereocenters. The summed E-state index contributed by atoms with van der Waals surface area (Å²) in [5.41, 5.74) is 0.945. The Balaban J connectivity index is 1.92. The van der Waals surface area contributed by atoms with Gasteiger partial charge in [-0.3, -0.25) is 9.78 Å². The first-order valence-corrected chi connectivity index (χ1v) is 10.6. The number of sulfonamides is 1. The van der Waals surface area contributed by atoms with Crippen LogP contribution in [-0.4, -0.2) is 48.1 Å². The maximum Gasteiger partial charge on any atom is 0.242 e. The van der Waals surface area contributed by atoms with Crippen LogP contribution in [0.4, 0.5) is 4.39 Å². The number of halogens is 1. The minimum atomic E-state index is -3.71. The van der Waals surface area contributed by atoms with Gasteiger partial charge in [0.25, 0.3) is 0 Å². The lowest BCUT2D eigenvalue weighted by atomic mass is 10.2. The molecule has 0 radical (unpaired) electrons. The van der Waals surface area contributed by atoms with E-state index in [2.05, 4.69) is 4.98 Å². The minimum absolute atomic E-state index is 0.0217. The minimum Gasteiger partial charge on any atom is -0.336 e. The van der Waals surface area contributed by atoms with Crippen molar-refractivity contribution in [2.45, 2.75) is 44.2 Å². The quantitative estimate of drug-likeness (QED) is 0.641. The fourth-order valence-corrected chi connectivity index (χ4v) is 3.96. The molecule has 0 fully saturated rings. The molecule has 2 aromatic rings. The Kier molecular flexibility index (Phi) is 7.65. The molecule has 8 heteroatoms. The molecule has 2 rings (SSSR count). The number of carbonyl (C=O) groups excluding carboxylic acids is 1. The van der Waals surface area contributed by atoms with Gasteiger partial charge < -0.3 is 4.90 Å². The zero-order chi connectivity index (χ0) is 20.7. The fraction of sp³-hybridized carbons (Fsp3) is 0.400. The molecule has 1 amide bonds. The standard InChI is InChI=1S/C20H26FN3O3S/c1-16(2)24(15-17-6-4-12-22-14-17)20(25)7-5-13-23(3)28(26,27)19-10-8-18(21)9-11-19/h4,6,8-12,14,16H,5,7,13,15H2,1-3H3. The molecule has 1 aromatic carbocycles. The van der Waals surface area contributed by atoms with Crippen molar-refractivity contribution in [1.29, 1.82) is 0 Å². The number of aromatic nitrogens is 1. The highest BCUT2D eigenvalue weighted by molar-refractivity contribution is 7.89. The lowest BCUT2D eigenvalue weighted by Crippen LogP contribution is -2.37. The smallest absolute Gasteiger partial charge is 0.242 e. The third kappa shape index (κ3) is 5.84. The zero-order valence-corrected chi connectivity index (χ0v) is 17.2. The van der Waals surface area contributed by atoms with E-state index >= 15 is 0 Å². The number of amides is 1. The highest BCUT2D eigenvalue weighted by atomic mass is 32.2. The Bertz CT molecular complexity index is 871. The normalized spacial score (nSPS) is 11.8. The third-order valence-electron chi connectivity index (χ3n) is 4.40. The van der Waals surface area contributed by atoms with Gasteiger partial charge in [0.2, 0.25) is 15.9 Å². The molecular weight excluding hydrogens is 381 g/mol. The molecule has 0 aliphatic rings. The van der Waals surface area contributed by atoms with Crippen LogP contribution in [0.5, 0.6) is 0 Å². The van der Waals surface area contributed by atoms with Gasteiger partial charge in [-0.15, -0.1) is 0 Å². The summed E-state index contributed by atoms with van der Waals surface area (Å²) < 4.78 is 39.2. The monoisotopic (exact) mass is 407 g/mol. The number of hydrogen-bond acceptors (Lipinski definition) is 4.